The summed E-state index contributed by atoms with van der Waals surface area (Å²) in [6.45, 7) is 1.97. The van der Waals surface area contributed by atoms with Crippen LogP contribution in [0.15, 0.2) is 79.1 Å². The van der Waals surface area contributed by atoms with Crippen LogP contribution >= 0.6 is 0 Å². The van der Waals surface area contributed by atoms with Gasteiger partial charge in [0.15, 0.2) is 0 Å². The summed E-state index contributed by atoms with van der Waals surface area (Å²) in [4.78, 5) is 12.4. The molecule has 4 aromatic rings. The average molecular weight is 433 g/mol. The minimum absolute atomic E-state index is 0.123. The average Bonchev–Trinajstić information content (AvgIpc) is 3.25. The minimum atomic E-state index is -3.33. The Labute approximate surface area is 182 Å². The normalized spacial score (nSPS) is 11.4. The molecule has 0 fully saturated rings. The molecule has 0 unspecified atom stereocenters. The molecule has 7 heteroatoms. The van der Waals surface area contributed by atoms with Crippen LogP contribution in [0, 0.1) is 0 Å². The standard InChI is InChI=1S/C24H24N4O2S/c1-2-3-17-31(29,30)28-21-11-9-18(10-12-21)22-23(19-13-15-25-16-14-19)27-24(26-22)20-7-5-4-6-8-20/h4-16,28H,2-3,17H2,1H3,(H,26,27). The highest BCUT2D eigenvalue weighted by molar-refractivity contribution is 7.92. The van der Waals surface area contributed by atoms with Gasteiger partial charge < -0.3 is 4.98 Å². The Kier molecular flexibility index (Phi) is 6.13. The summed E-state index contributed by atoms with van der Waals surface area (Å²) in [7, 11) is -3.33. The van der Waals surface area contributed by atoms with Gasteiger partial charge in [-0.25, -0.2) is 13.4 Å². The van der Waals surface area contributed by atoms with Gasteiger partial charge in [-0.05, 0) is 30.7 Å². The van der Waals surface area contributed by atoms with Crippen LogP contribution in [0.5, 0.6) is 0 Å². The summed E-state index contributed by atoms with van der Waals surface area (Å²) in [6, 6.07) is 21.1. The van der Waals surface area contributed by atoms with Gasteiger partial charge in [-0.1, -0.05) is 55.8 Å². The molecule has 2 heterocycles. The maximum atomic E-state index is 12.2. The Morgan fingerprint density at radius 1 is 0.871 bits per heavy atom. The number of anilines is 1. The number of benzene rings is 2. The second-order valence-corrected chi connectivity index (χ2v) is 9.10. The molecule has 0 atom stereocenters. The van der Waals surface area contributed by atoms with E-state index in [-0.39, 0.29) is 5.75 Å². The van der Waals surface area contributed by atoms with Crippen molar-refractivity contribution >= 4 is 15.7 Å². The zero-order valence-corrected chi connectivity index (χ0v) is 18.1. The number of sulfonamides is 1. The highest BCUT2D eigenvalue weighted by atomic mass is 32.2. The maximum Gasteiger partial charge on any atom is 0.232 e. The second-order valence-electron chi connectivity index (χ2n) is 7.26. The number of nitrogens with zero attached hydrogens (tertiary/aromatic N) is 2. The minimum Gasteiger partial charge on any atom is -0.337 e. The first-order valence-corrected chi connectivity index (χ1v) is 11.9. The summed E-state index contributed by atoms with van der Waals surface area (Å²) in [5, 5.41) is 0. The fraction of sp³-hybridized carbons (Fsp3) is 0.167. The summed E-state index contributed by atoms with van der Waals surface area (Å²) in [5.41, 5.74) is 5.09. The summed E-state index contributed by atoms with van der Waals surface area (Å²) in [5.74, 6) is 0.894. The van der Waals surface area contributed by atoms with Crippen molar-refractivity contribution in [2.45, 2.75) is 19.8 Å². The summed E-state index contributed by atoms with van der Waals surface area (Å²) < 4.78 is 27.0. The number of rotatable bonds is 8. The number of unbranched alkanes of at least 4 members (excludes halogenated alkanes) is 1. The van der Waals surface area contributed by atoms with E-state index in [0.29, 0.717) is 12.1 Å². The predicted molar refractivity (Wildman–Crippen MR) is 125 cm³/mol. The molecule has 0 bridgehead atoms. The van der Waals surface area contributed by atoms with Crippen LogP contribution in [-0.4, -0.2) is 29.1 Å². The molecule has 0 aliphatic heterocycles. The Balaban J connectivity index is 1.69. The smallest absolute Gasteiger partial charge is 0.232 e. The molecule has 31 heavy (non-hydrogen) atoms. The van der Waals surface area contributed by atoms with Gasteiger partial charge in [0.25, 0.3) is 0 Å². The quantitative estimate of drug-likeness (QED) is 0.393. The lowest BCUT2D eigenvalue weighted by Crippen LogP contribution is -2.16. The Hall–Kier alpha value is -3.45. The zero-order valence-electron chi connectivity index (χ0n) is 17.2. The lowest BCUT2D eigenvalue weighted by Gasteiger charge is -2.09. The van der Waals surface area contributed by atoms with E-state index in [4.69, 9.17) is 4.98 Å². The topological polar surface area (TPSA) is 87.7 Å². The third-order valence-electron chi connectivity index (χ3n) is 4.92. The van der Waals surface area contributed by atoms with Crippen LogP contribution in [0.2, 0.25) is 0 Å². The van der Waals surface area contributed by atoms with Crippen LogP contribution in [0.25, 0.3) is 33.9 Å². The largest absolute Gasteiger partial charge is 0.337 e. The van der Waals surface area contributed by atoms with Crippen molar-refractivity contribution < 1.29 is 8.42 Å². The Bertz CT molecular complexity index is 1240. The van der Waals surface area contributed by atoms with E-state index in [1.54, 1.807) is 24.5 Å². The molecule has 0 radical (unpaired) electrons. The number of H-pyrrole nitrogens is 1. The van der Waals surface area contributed by atoms with Gasteiger partial charge in [0.05, 0.1) is 17.1 Å². The summed E-state index contributed by atoms with van der Waals surface area (Å²) in [6.07, 6.45) is 4.95. The summed E-state index contributed by atoms with van der Waals surface area (Å²) >= 11 is 0. The van der Waals surface area contributed by atoms with Crippen molar-refractivity contribution in [3.8, 4) is 33.9 Å². The number of pyridine rings is 1. The van der Waals surface area contributed by atoms with Crippen molar-refractivity contribution in [2.24, 2.45) is 0 Å². The van der Waals surface area contributed by atoms with E-state index in [9.17, 15) is 8.42 Å². The molecule has 0 spiro atoms. The van der Waals surface area contributed by atoms with Crippen LogP contribution < -0.4 is 4.72 Å². The van der Waals surface area contributed by atoms with Gasteiger partial charge in [-0.3, -0.25) is 9.71 Å². The van der Waals surface area contributed by atoms with E-state index in [1.165, 1.54) is 0 Å². The lowest BCUT2D eigenvalue weighted by molar-refractivity contribution is 0.598. The first kappa shape index (κ1) is 20.8. The van der Waals surface area contributed by atoms with Gasteiger partial charge in [0, 0.05) is 34.8 Å². The molecule has 0 aliphatic carbocycles. The number of nitrogens with one attached hydrogen (secondary N) is 2. The molecular formula is C24H24N4O2S. The van der Waals surface area contributed by atoms with Gasteiger partial charge in [-0.15, -0.1) is 0 Å². The molecule has 2 N–H and O–H groups in total. The molecule has 0 amide bonds. The van der Waals surface area contributed by atoms with Crippen LogP contribution in [0.4, 0.5) is 5.69 Å². The van der Waals surface area contributed by atoms with E-state index in [1.807, 2.05) is 61.5 Å². The monoisotopic (exact) mass is 432 g/mol. The molecule has 2 aromatic heterocycles. The highest BCUT2D eigenvalue weighted by Gasteiger charge is 2.16. The van der Waals surface area contributed by atoms with Crippen molar-refractivity contribution in [3.05, 3.63) is 79.1 Å². The van der Waals surface area contributed by atoms with E-state index in [2.05, 4.69) is 14.7 Å². The van der Waals surface area contributed by atoms with Crippen molar-refractivity contribution in [1.29, 1.82) is 0 Å². The fourth-order valence-corrected chi connectivity index (χ4v) is 4.57. The Morgan fingerprint density at radius 3 is 2.26 bits per heavy atom. The number of aromatic nitrogens is 3. The first-order chi connectivity index (χ1) is 15.1. The van der Waals surface area contributed by atoms with Gasteiger partial charge in [0.1, 0.15) is 5.82 Å². The third kappa shape index (κ3) is 5.00. The zero-order chi connectivity index (χ0) is 21.7. The van der Waals surface area contributed by atoms with Crippen molar-refractivity contribution in [3.63, 3.8) is 0 Å². The van der Waals surface area contributed by atoms with E-state index >= 15 is 0 Å². The number of imidazole rings is 1. The van der Waals surface area contributed by atoms with Gasteiger partial charge >= 0.3 is 0 Å². The molecule has 6 nitrogen and oxygen atoms in total. The van der Waals surface area contributed by atoms with Crippen LogP contribution in [0.3, 0.4) is 0 Å². The fourth-order valence-electron chi connectivity index (χ4n) is 3.30. The molecule has 2 aromatic carbocycles. The molecule has 4 rings (SSSR count). The number of hydrogen-bond donors (Lipinski definition) is 2. The molecule has 0 saturated heterocycles. The van der Waals surface area contributed by atoms with Crippen LogP contribution in [0.1, 0.15) is 19.8 Å². The predicted octanol–water partition coefficient (Wildman–Crippen LogP) is 5.35. The maximum absolute atomic E-state index is 12.2. The lowest BCUT2D eigenvalue weighted by atomic mass is 10.1. The number of hydrogen-bond acceptors (Lipinski definition) is 4. The van der Waals surface area contributed by atoms with E-state index in [0.717, 1.165) is 40.3 Å². The Morgan fingerprint density at radius 2 is 1.58 bits per heavy atom. The first-order valence-electron chi connectivity index (χ1n) is 10.2. The van der Waals surface area contributed by atoms with Crippen molar-refractivity contribution in [2.75, 3.05) is 10.5 Å². The molecule has 0 saturated carbocycles. The molecule has 0 aliphatic rings. The van der Waals surface area contributed by atoms with Crippen molar-refractivity contribution in [1.82, 2.24) is 15.0 Å². The second kappa shape index (κ2) is 9.14. The van der Waals surface area contributed by atoms with Gasteiger partial charge in [-0.2, -0.15) is 0 Å². The number of aromatic amines is 1. The molecule has 158 valence electrons. The highest BCUT2D eigenvalue weighted by Crippen LogP contribution is 2.33. The SMILES string of the molecule is CCCCS(=O)(=O)Nc1ccc(-c2[nH]c(-c3ccccc3)nc2-c2ccncc2)cc1. The van der Waals surface area contributed by atoms with E-state index < -0.39 is 10.0 Å². The van der Waals surface area contributed by atoms with Crippen LogP contribution in [-0.2, 0) is 10.0 Å². The van der Waals surface area contributed by atoms with Gasteiger partial charge in [0.2, 0.25) is 10.0 Å². The molecular weight excluding hydrogens is 408 g/mol. The third-order valence-corrected chi connectivity index (χ3v) is 6.29.